The minimum Gasteiger partial charge on any atom is -0.476 e. The van der Waals surface area contributed by atoms with E-state index in [1.165, 1.54) is 6.20 Å². The summed E-state index contributed by atoms with van der Waals surface area (Å²) in [5.74, 6) is -4.75. The third-order valence-electron chi connectivity index (χ3n) is 5.16. The van der Waals surface area contributed by atoms with Crippen LogP contribution < -0.4 is 10.1 Å². The van der Waals surface area contributed by atoms with Crippen LogP contribution in [0.2, 0.25) is 5.02 Å². The average Bonchev–Trinajstić information content (AvgIpc) is 3.14. The van der Waals surface area contributed by atoms with Crippen molar-refractivity contribution in [2.75, 3.05) is 6.61 Å². The number of aliphatic hydroxyl groups is 4. The number of carboxylic acid groups (broad SMARTS) is 1. The summed E-state index contributed by atoms with van der Waals surface area (Å²) in [6, 6.07) is 2.07. The van der Waals surface area contributed by atoms with Gasteiger partial charge in [-0.3, -0.25) is 4.79 Å². The predicted molar refractivity (Wildman–Crippen MR) is 114 cm³/mol. The molecule has 0 bridgehead atoms. The van der Waals surface area contributed by atoms with Gasteiger partial charge in [-0.2, -0.15) is 0 Å². The molecule has 0 aliphatic carbocycles. The molecule has 0 spiro atoms. The van der Waals surface area contributed by atoms with E-state index in [0.717, 1.165) is 6.92 Å². The average molecular weight is 538 g/mol. The minimum absolute atomic E-state index is 0.00479. The number of hydrogen-bond acceptors (Lipinski definition) is 8. The third-order valence-corrected chi connectivity index (χ3v) is 6.44. The Morgan fingerprint density at radius 2 is 2.12 bits per heavy atom. The van der Waals surface area contributed by atoms with Crippen molar-refractivity contribution in [2.45, 2.75) is 49.6 Å². The number of amides is 1. The number of aromatic amines is 1. The summed E-state index contributed by atoms with van der Waals surface area (Å²) >= 11 is 9.61. The normalized spacial score (nSPS) is 27.7. The molecule has 1 saturated heterocycles. The smallest absolute Gasteiger partial charge is 0.377 e. The highest BCUT2D eigenvalue weighted by Crippen LogP contribution is 2.41. The number of aliphatic carboxylic acids is 1. The van der Waals surface area contributed by atoms with Crippen molar-refractivity contribution in [1.29, 1.82) is 0 Å². The Bertz CT molecular complexity index is 1020. The molecule has 0 saturated carbocycles. The first-order valence-electron chi connectivity index (χ1n) is 9.48. The fourth-order valence-electron chi connectivity index (χ4n) is 3.62. The first-order valence-corrected chi connectivity index (χ1v) is 10.6. The molecule has 1 unspecified atom stereocenters. The standard InChI is InChI=1S/C19H22BrClN2O9/c1-7(25)23-15-10(26)4-19(18(29)30,32-17(15)16(28)11(27)6-24)31-12-5-22-9-3-2-8(20)14(21)13(9)12/h2-3,5,10-11,15-17,22,24,26-28H,4,6H2,1H3,(H,23,25)(H,29,30)/t10-,11+,15+,16+,17?,19+/m0/s1. The van der Waals surface area contributed by atoms with Crippen molar-refractivity contribution in [3.63, 3.8) is 0 Å². The van der Waals surface area contributed by atoms with Gasteiger partial charge in [-0.05, 0) is 28.1 Å². The van der Waals surface area contributed by atoms with E-state index in [9.17, 15) is 35.1 Å². The molecular formula is C19H22BrClN2O9. The lowest BCUT2D eigenvalue weighted by molar-refractivity contribution is -0.284. The Labute approximate surface area is 195 Å². The highest BCUT2D eigenvalue weighted by Gasteiger charge is 2.57. The zero-order valence-electron chi connectivity index (χ0n) is 16.7. The molecule has 13 heteroatoms. The molecule has 2 aromatic rings. The van der Waals surface area contributed by atoms with E-state index in [1.54, 1.807) is 12.1 Å². The van der Waals surface area contributed by atoms with Crippen molar-refractivity contribution in [1.82, 2.24) is 10.3 Å². The quantitative estimate of drug-likeness (QED) is 0.258. The van der Waals surface area contributed by atoms with Gasteiger partial charge in [-0.15, -0.1) is 0 Å². The minimum atomic E-state index is -2.52. The number of H-pyrrole nitrogens is 1. The molecule has 32 heavy (non-hydrogen) atoms. The number of carbonyl (C=O) groups excluding carboxylic acids is 1. The van der Waals surface area contributed by atoms with Gasteiger partial charge < -0.3 is 45.3 Å². The Morgan fingerprint density at radius 3 is 2.72 bits per heavy atom. The van der Waals surface area contributed by atoms with Crippen LogP contribution in [0.5, 0.6) is 5.75 Å². The SMILES string of the molecule is CC(=O)N[C@H]1C([C@H](O)[C@H](O)CO)O[C@@](Oc2c[nH]c3ccc(Br)c(Cl)c23)(C(=O)O)C[C@@H]1O. The topological polar surface area (TPSA) is 182 Å². The molecule has 7 N–H and O–H groups in total. The van der Waals surface area contributed by atoms with E-state index in [4.69, 9.17) is 21.1 Å². The zero-order valence-corrected chi connectivity index (χ0v) is 19.0. The van der Waals surface area contributed by atoms with Gasteiger partial charge in [0.2, 0.25) is 5.91 Å². The number of ether oxygens (including phenoxy) is 2. The molecule has 1 fully saturated rings. The van der Waals surface area contributed by atoms with Crippen LogP contribution in [-0.4, -0.2) is 85.2 Å². The van der Waals surface area contributed by atoms with E-state index in [0.29, 0.717) is 15.4 Å². The van der Waals surface area contributed by atoms with Gasteiger partial charge in [0, 0.05) is 17.6 Å². The van der Waals surface area contributed by atoms with Gasteiger partial charge in [0.15, 0.2) is 5.75 Å². The Morgan fingerprint density at radius 1 is 1.44 bits per heavy atom. The number of nitrogens with one attached hydrogen (secondary N) is 2. The fraction of sp³-hybridized carbons (Fsp3) is 0.474. The van der Waals surface area contributed by atoms with Crippen LogP contribution in [0.4, 0.5) is 0 Å². The van der Waals surface area contributed by atoms with Crippen molar-refractivity contribution < 1.29 is 44.6 Å². The van der Waals surface area contributed by atoms with Gasteiger partial charge in [0.1, 0.15) is 18.3 Å². The summed E-state index contributed by atoms with van der Waals surface area (Å²) in [6.07, 6.45) is -6.09. The van der Waals surface area contributed by atoms with E-state index in [-0.39, 0.29) is 10.8 Å². The van der Waals surface area contributed by atoms with E-state index >= 15 is 0 Å². The molecular weight excluding hydrogens is 516 g/mol. The molecule has 11 nitrogen and oxygen atoms in total. The maximum absolute atomic E-state index is 12.3. The van der Waals surface area contributed by atoms with Gasteiger partial charge in [-0.25, -0.2) is 4.79 Å². The maximum Gasteiger partial charge on any atom is 0.377 e. The van der Waals surface area contributed by atoms with Crippen LogP contribution in [0.3, 0.4) is 0 Å². The van der Waals surface area contributed by atoms with Crippen molar-refractivity contribution in [3.05, 3.63) is 27.8 Å². The van der Waals surface area contributed by atoms with Crippen LogP contribution in [0.25, 0.3) is 10.9 Å². The van der Waals surface area contributed by atoms with Crippen molar-refractivity contribution in [2.24, 2.45) is 0 Å². The number of fused-ring (bicyclic) bond motifs is 1. The summed E-state index contributed by atoms with van der Waals surface area (Å²) in [5.41, 5.74) is 0.536. The van der Waals surface area contributed by atoms with Crippen LogP contribution in [0, 0.1) is 0 Å². The molecule has 176 valence electrons. The van der Waals surface area contributed by atoms with Crippen LogP contribution in [0.1, 0.15) is 13.3 Å². The van der Waals surface area contributed by atoms with Crippen LogP contribution >= 0.6 is 27.5 Å². The molecule has 0 radical (unpaired) electrons. The number of aromatic nitrogens is 1. The van der Waals surface area contributed by atoms with Gasteiger partial charge >= 0.3 is 11.8 Å². The van der Waals surface area contributed by atoms with Crippen molar-refractivity contribution >= 4 is 50.3 Å². The number of aliphatic hydroxyl groups excluding tert-OH is 4. The molecule has 1 aromatic heterocycles. The number of halogens is 2. The summed E-state index contributed by atoms with van der Waals surface area (Å²) < 4.78 is 11.9. The number of rotatable bonds is 7. The monoisotopic (exact) mass is 536 g/mol. The first kappa shape index (κ1) is 24.7. The molecule has 1 aromatic carbocycles. The van der Waals surface area contributed by atoms with Crippen LogP contribution in [0.15, 0.2) is 22.8 Å². The summed E-state index contributed by atoms with van der Waals surface area (Å²) in [5, 5.41) is 53.2. The molecule has 1 aliphatic heterocycles. The summed E-state index contributed by atoms with van der Waals surface area (Å²) in [7, 11) is 0. The molecule has 6 atom stereocenters. The lowest BCUT2D eigenvalue weighted by atomic mass is 9.88. The largest absolute Gasteiger partial charge is 0.476 e. The van der Waals surface area contributed by atoms with E-state index < -0.39 is 61.1 Å². The number of hydrogen-bond donors (Lipinski definition) is 7. The van der Waals surface area contributed by atoms with Crippen molar-refractivity contribution in [3.8, 4) is 5.75 Å². The summed E-state index contributed by atoms with van der Waals surface area (Å²) in [6.45, 7) is 0.275. The predicted octanol–water partition coefficient (Wildman–Crippen LogP) is 0.112. The maximum atomic E-state index is 12.3. The molecule has 3 rings (SSSR count). The molecule has 1 aliphatic rings. The zero-order chi connectivity index (χ0) is 23.8. The Kier molecular flexibility index (Phi) is 7.34. The molecule has 2 heterocycles. The number of benzene rings is 1. The van der Waals surface area contributed by atoms with E-state index in [1.807, 2.05) is 0 Å². The van der Waals surface area contributed by atoms with Crippen LogP contribution in [-0.2, 0) is 14.3 Å². The highest BCUT2D eigenvalue weighted by molar-refractivity contribution is 9.10. The Hall–Kier alpha value is -1.93. The second-order valence-corrected chi connectivity index (χ2v) is 8.65. The van der Waals surface area contributed by atoms with Gasteiger partial charge in [0.25, 0.3) is 0 Å². The molecule has 1 amide bonds. The lowest BCUT2D eigenvalue weighted by Gasteiger charge is -2.46. The Balaban J connectivity index is 2.05. The number of carbonyl (C=O) groups is 2. The van der Waals surface area contributed by atoms with Gasteiger partial charge in [-0.1, -0.05) is 11.6 Å². The third kappa shape index (κ3) is 4.57. The van der Waals surface area contributed by atoms with Gasteiger partial charge in [0.05, 0.1) is 41.1 Å². The second kappa shape index (κ2) is 9.51. The first-order chi connectivity index (χ1) is 15.0. The number of carboxylic acids is 1. The van der Waals surface area contributed by atoms with E-state index in [2.05, 4.69) is 26.2 Å². The highest BCUT2D eigenvalue weighted by atomic mass is 79.9. The second-order valence-electron chi connectivity index (χ2n) is 7.42. The lowest BCUT2D eigenvalue weighted by Crippen LogP contribution is -2.68. The summed E-state index contributed by atoms with van der Waals surface area (Å²) in [4.78, 5) is 26.8. The fourth-order valence-corrected chi connectivity index (χ4v) is 4.21.